The maximum absolute atomic E-state index is 5.73. The second-order valence-electron chi connectivity index (χ2n) is 4.12. The number of hydrogen-bond acceptors (Lipinski definition) is 6. The molecule has 1 aliphatic rings. The summed E-state index contributed by atoms with van der Waals surface area (Å²) in [6.07, 6.45) is 5.32. The first-order valence-electron chi connectivity index (χ1n) is 6.09. The molecule has 0 spiro atoms. The van der Waals surface area contributed by atoms with Crippen LogP contribution in [0.2, 0.25) is 5.28 Å². The first kappa shape index (κ1) is 13.3. The largest absolute Gasteiger partial charge is 0.467 e. The van der Waals surface area contributed by atoms with Crippen LogP contribution in [0.5, 0.6) is 6.01 Å². The topological polar surface area (TPSA) is 69.2 Å². The van der Waals surface area contributed by atoms with Crippen LogP contribution in [-0.4, -0.2) is 41.3 Å². The molecule has 1 heterocycles. The molecule has 0 amide bonds. The van der Waals surface area contributed by atoms with Gasteiger partial charge in [0.1, 0.15) is 0 Å². The highest BCUT2D eigenvalue weighted by Crippen LogP contribution is 2.20. The average Bonchev–Trinajstić information content (AvgIpc) is 2.87. The van der Waals surface area contributed by atoms with Crippen LogP contribution in [0.25, 0.3) is 0 Å². The van der Waals surface area contributed by atoms with E-state index in [-0.39, 0.29) is 11.3 Å². The van der Waals surface area contributed by atoms with E-state index in [4.69, 9.17) is 21.1 Å². The minimum absolute atomic E-state index is 0.112. The molecular weight excluding hydrogens is 256 g/mol. The van der Waals surface area contributed by atoms with Crippen molar-refractivity contribution in [1.29, 1.82) is 0 Å². The van der Waals surface area contributed by atoms with E-state index in [2.05, 4.69) is 20.3 Å². The van der Waals surface area contributed by atoms with Crippen molar-refractivity contribution in [1.82, 2.24) is 15.0 Å². The van der Waals surface area contributed by atoms with Crippen LogP contribution in [0.1, 0.15) is 25.7 Å². The number of methoxy groups -OCH3 is 1. The summed E-state index contributed by atoms with van der Waals surface area (Å²) in [6.45, 7) is 1.27. The lowest BCUT2D eigenvalue weighted by molar-refractivity contribution is 0.0658. The van der Waals surface area contributed by atoms with Gasteiger partial charge in [0.2, 0.25) is 11.2 Å². The molecule has 0 aliphatic heterocycles. The number of anilines is 1. The van der Waals surface area contributed by atoms with E-state index in [1.54, 1.807) is 0 Å². The van der Waals surface area contributed by atoms with E-state index in [9.17, 15) is 0 Å². The molecule has 1 aromatic heterocycles. The van der Waals surface area contributed by atoms with E-state index in [1.807, 2.05) is 0 Å². The monoisotopic (exact) mass is 272 g/mol. The predicted octanol–water partition coefficient (Wildman–Crippen LogP) is 1.90. The van der Waals surface area contributed by atoms with Gasteiger partial charge in [0, 0.05) is 6.54 Å². The molecule has 7 heteroatoms. The summed E-state index contributed by atoms with van der Waals surface area (Å²) in [7, 11) is 1.48. The third-order valence-electron chi connectivity index (χ3n) is 2.81. The second kappa shape index (κ2) is 6.70. The summed E-state index contributed by atoms with van der Waals surface area (Å²) in [5.74, 6) is 0.405. The summed E-state index contributed by atoms with van der Waals surface area (Å²) >= 11 is 5.73. The second-order valence-corrected chi connectivity index (χ2v) is 4.46. The highest BCUT2D eigenvalue weighted by Gasteiger charge is 2.14. The zero-order valence-corrected chi connectivity index (χ0v) is 11.1. The van der Waals surface area contributed by atoms with Gasteiger partial charge in [-0.25, -0.2) is 0 Å². The summed E-state index contributed by atoms with van der Waals surface area (Å²) in [5.41, 5.74) is 0. The lowest BCUT2D eigenvalue weighted by Crippen LogP contribution is -2.16. The van der Waals surface area contributed by atoms with Gasteiger partial charge in [0.25, 0.3) is 0 Å². The first-order valence-corrected chi connectivity index (χ1v) is 6.47. The fourth-order valence-corrected chi connectivity index (χ4v) is 2.10. The van der Waals surface area contributed by atoms with Crippen molar-refractivity contribution in [3.8, 4) is 6.01 Å². The number of nitrogens with zero attached hydrogens (tertiary/aromatic N) is 3. The maximum Gasteiger partial charge on any atom is 0.322 e. The predicted molar refractivity (Wildman–Crippen MR) is 68.1 cm³/mol. The van der Waals surface area contributed by atoms with E-state index >= 15 is 0 Å². The summed E-state index contributed by atoms with van der Waals surface area (Å²) in [5, 5.41) is 3.14. The van der Waals surface area contributed by atoms with E-state index < -0.39 is 0 Å². The third-order valence-corrected chi connectivity index (χ3v) is 2.98. The highest BCUT2D eigenvalue weighted by atomic mass is 35.5. The Kier molecular flexibility index (Phi) is 4.95. The zero-order chi connectivity index (χ0) is 12.8. The minimum atomic E-state index is 0.112. The molecule has 0 bridgehead atoms. The van der Waals surface area contributed by atoms with Gasteiger partial charge in [-0.15, -0.1) is 0 Å². The lowest BCUT2D eigenvalue weighted by atomic mass is 10.3. The lowest BCUT2D eigenvalue weighted by Gasteiger charge is -2.11. The highest BCUT2D eigenvalue weighted by molar-refractivity contribution is 6.28. The van der Waals surface area contributed by atoms with Crippen molar-refractivity contribution in [3.05, 3.63) is 5.28 Å². The van der Waals surface area contributed by atoms with Crippen LogP contribution in [0.4, 0.5) is 5.95 Å². The Morgan fingerprint density at radius 2 is 2.06 bits per heavy atom. The first-order chi connectivity index (χ1) is 8.78. The van der Waals surface area contributed by atoms with Crippen molar-refractivity contribution in [2.24, 2.45) is 0 Å². The van der Waals surface area contributed by atoms with Crippen LogP contribution in [-0.2, 0) is 4.74 Å². The molecule has 1 aliphatic carbocycles. The average molecular weight is 273 g/mol. The summed E-state index contributed by atoms with van der Waals surface area (Å²) < 4.78 is 10.6. The molecule has 1 saturated carbocycles. The van der Waals surface area contributed by atoms with Crippen molar-refractivity contribution in [3.63, 3.8) is 0 Å². The van der Waals surface area contributed by atoms with Gasteiger partial charge >= 0.3 is 6.01 Å². The summed E-state index contributed by atoms with van der Waals surface area (Å²) in [6, 6.07) is 0.203. The van der Waals surface area contributed by atoms with Gasteiger partial charge in [-0.2, -0.15) is 15.0 Å². The van der Waals surface area contributed by atoms with Crippen LogP contribution in [0.3, 0.4) is 0 Å². The zero-order valence-electron chi connectivity index (χ0n) is 10.4. The molecule has 100 valence electrons. The Labute approximate surface area is 111 Å². The van der Waals surface area contributed by atoms with Gasteiger partial charge in [0.15, 0.2) is 0 Å². The van der Waals surface area contributed by atoms with E-state index in [0.29, 0.717) is 25.2 Å². The molecule has 0 atom stereocenters. The van der Waals surface area contributed by atoms with Gasteiger partial charge in [-0.3, -0.25) is 0 Å². The maximum atomic E-state index is 5.73. The molecular formula is C11H17ClN4O2. The van der Waals surface area contributed by atoms with E-state index in [0.717, 1.165) is 0 Å². The molecule has 0 unspecified atom stereocenters. The molecule has 18 heavy (non-hydrogen) atoms. The summed E-state index contributed by atoms with van der Waals surface area (Å²) in [4.78, 5) is 11.8. The molecule has 1 N–H and O–H groups in total. The van der Waals surface area contributed by atoms with Crippen LogP contribution in [0.15, 0.2) is 0 Å². The minimum Gasteiger partial charge on any atom is -0.467 e. The smallest absolute Gasteiger partial charge is 0.322 e. The Morgan fingerprint density at radius 1 is 1.28 bits per heavy atom. The molecule has 2 rings (SSSR count). The van der Waals surface area contributed by atoms with Crippen molar-refractivity contribution in [2.45, 2.75) is 31.8 Å². The van der Waals surface area contributed by atoms with Crippen LogP contribution < -0.4 is 10.1 Å². The Balaban J connectivity index is 1.73. The Bertz CT molecular complexity index is 385. The van der Waals surface area contributed by atoms with Crippen molar-refractivity contribution in [2.75, 3.05) is 25.6 Å². The molecule has 6 nitrogen and oxygen atoms in total. The fraction of sp³-hybridized carbons (Fsp3) is 0.727. The standard InChI is InChI=1S/C11H17ClN4O2/c1-17-11-15-9(12)14-10(16-11)13-6-7-18-8-4-2-3-5-8/h8H,2-7H2,1H3,(H,13,14,15,16). The molecule has 0 aromatic carbocycles. The quantitative estimate of drug-likeness (QED) is 0.798. The normalized spacial score (nSPS) is 15.9. The third kappa shape index (κ3) is 3.96. The molecule has 0 radical (unpaired) electrons. The van der Waals surface area contributed by atoms with Gasteiger partial charge < -0.3 is 14.8 Å². The van der Waals surface area contributed by atoms with Crippen molar-refractivity contribution < 1.29 is 9.47 Å². The number of aromatic nitrogens is 3. The van der Waals surface area contributed by atoms with Crippen LogP contribution in [0, 0.1) is 0 Å². The van der Waals surface area contributed by atoms with Crippen molar-refractivity contribution >= 4 is 17.5 Å². The van der Waals surface area contributed by atoms with Gasteiger partial charge in [-0.1, -0.05) is 12.8 Å². The number of ether oxygens (including phenoxy) is 2. The Morgan fingerprint density at radius 3 is 2.78 bits per heavy atom. The number of hydrogen-bond donors (Lipinski definition) is 1. The SMILES string of the molecule is COc1nc(Cl)nc(NCCOC2CCCC2)n1. The fourth-order valence-electron chi connectivity index (χ4n) is 1.95. The molecule has 0 saturated heterocycles. The Hall–Kier alpha value is -1.14. The van der Waals surface area contributed by atoms with Gasteiger partial charge in [-0.05, 0) is 24.4 Å². The van der Waals surface area contributed by atoms with Gasteiger partial charge in [0.05, 0.1) is 19.8 Å². The number of halogens is 1. The van der Waals surface area contributed by atoms with Crippen LogP contribution >= 0.6 is 11.6 Å². The molecule has 1 aromatic rings. The van der Waals surface area contributed by atoms with E-state index in [1.165, 1.54) is 32.8 Å². The number of rotatable bonds is 6. The molecule has 1 fully saturated rings. The number of nitrogens with one attached hydrogen (secondary N) is 1.